The first-order valence-corrected chi connectivity index (χ1v) is 6.52. The van der Waals surface area contributed by atoms with Gasteiger partial charge >= 0.3 is 0 Å². The van der Waals surface area contributed by atoms with Gasteiger partial charge in [0.1, 0.15) is 12.1 Å². The number of carbonyl (C=O) groups excluding carboxylic acids is 2. The molecule has 19 heavy (non-hydrogen) atoms. The first-order valence-electron chi connectivity index (χ1n) is 6.52. The van der Waals surface area contributed by atoms with Crippen LogP contribution in [0.15, 0.2) is 0 Å². The van der Waals surface area contributed by atoms with Gasteiger partial charge in [-0.1, -0.05) is 0 Å². The molecule has 7 heteroatoms. The maximum atomic E-state index is 12.0. The van der Waals surface area contributed by atoms with Gasteiger partial charge in [0.25, 0.3) is 5.91 Å². The second kappa shape index (κ2) is 7.07. The first kappa shape index (κ1) is 16.2. The lowest BCUT2D eigenvalue weighted by Gasteiger charge is -2.24. The van der Waals surface area contributed by atoms with E-state index in [1.807, 2.05) is 13.8 Å². The molecule has 2 aliphatic rings. The van der Waals surface area contributed by atoms with Crippen LogP contribution < -0.4 is 10.6 Å². The first-order chi connectivity index (χ1) is 8.59. The molecule has 0 aromatic rings. The van der Waals surface area contributed by atoms with E-state index >= 15 is 0 Å². The van der Waals surface area contributed by atoms with Gasteiger partial charge in [-0.3, -0.25) is 9.59 Å². The molecule has 2 heterocycles. The van der Waals surface area contributed by atoms with Crippen LogP contribution in [-0.4, -0.2) is 61.1 Å². The van der Waals surface area contributed by atoms with Crippen LogP contribution in [0.25, 0.3) is 0 Å². The highest BCUT2D eigenvalue weighted by molar-refractivity contribution is 5.90. The Labute approximate surface area is 119 Å². The zero-order valence-electron chi connectivity index (χ0n) is 11.3. The van der Waals surface area contributed by atoms with Crippen LogP contribution in [-0.2, 0) is 14.3 Å². The maximum absolute atomic E-state index is 12.0. The van der Waals surface area contributed by atoms with E-state index in [9.17, 15) is 9.59 Å². The Morgan fingerprint density at radius 2 is 2.26 bits per heavy atom. The number of carbonyl (C=O) groups is 2. The summed E-state index contributed by atoms with van der Waals surface area (Å²) >= 11 is 0. The molecule has 2 unspecified atom stereocenters. The number of hydrogen-bond acceptors (Lipinski definition) is 4. The number of nitrogens with one attached hydrogen (secondary N) is 2. The summed E-state index contributed by atoms with van der Waals surface area (Å²) in [6.07, 6.45) is 0.211. The number of morpholine rings is 1. The van der Waals surface area contributed by atoms with E-state index in [1.165, 1.54) is 0 Å². The van der Waals surface area contributed by atoms with Crippen molar-refractivity contribution in [1.82, 2.24) is 15.5 Å². The van der Waals surface area contributed by atoms with E-state index in [4.69, 9.17) is 4.74 Å². The molecule has 0 aromatic heterocycles. The zero-order chi connectivity index (χ0) is 13.1. The normalized spacial score (nSPS) is 27.3. The predicted molar refractivity (Wildman–Crippen MR) is 73.3 cm³/mol. The van der Waals surface area contributed by atoms with Crippen molar-refractivity contribution in [1.29, 1.82) is 0 Å². The van der Waals surface area contributed by atoms with Crippen LogP contribution in [0, 0.1) is 0 Å². The van der Waals surface area contributed by atoms with Gasteiger partial charge in [0.15, 0.2) is 0 Å². The lowest BCUT2D eigenvalue weighted by Crippen LogP contribution is -2.52. The largest absolute Gasteiger partial charge is 0.366 e. The summed E-state index contributed by atoms with van der Waals surface area (Å²) in [4.78, 5) is 25.7. The van der Waals surface area contributed by atoms with Gasteiger partial charge in [-0.2, -0.15) is 0 Å². The summed E-state index contributed by atoms with van der Waals surface area (Å²) in [5.41, 5.74) is 0. The fraction of sp³-hybridized carbons (Fsp3) is 0.833. The molecule has 2 rings (SSSR count). The average Bonchev–Trinajstić information content (AvgIpc) is 2.72. The minimum absolute atomic E-state index is 0. The van der Waals surface area contributed by atoms with E-state index < -0.39 is 6.10 Å². The fourth-order valence-corrected chi connectivity index (χ4v) is 2.35. The van der Waals surface area contributed by atoms with Crippen LogP contribution in [0.5, 0.6) is 0 Å². The third-order valence-corrected chi connectivity index (χ3v) is 3.40. The molecular formula is C12H22ClN3O3. The monoisotopic (exact) mass is 291 g/mol. The van der Waals surface area contributed by atoms with Crippen molar-refractivity contribution in [3.63, 3.8) is 0 Å². The number of likely N-dealkylation sites (tertiary alicyclic amines) is 1. The molecule has 2 aliphatic heterocycles. The molecule has 2 saturated heterocycles. The predicted octanol–water partition coefficient (Wildman–Crippen LogP) is -0.478. The smallest absolute Gasteiger partial charge is 0.251 e. The number of halogens is 1. The second-order valence-corrected chi connectivity index (χ2v) is 5.04. The van der Waals surface area contributed by atoms with Crippen LogP contribution in [0.1, 0.15) is 20.3 Å². The molecule has 6 nitrogen and oxygen atoms in total. The lowest BCUT2D eigenvalue weighted by atomic mass is 10.2. The molecule has 0 saturated carbocycles. The third kappa shape index (κ3) is 3.81. The highest BCUT2D eigenvalue weighted by atomic mass is 35.5. The van der Waals surface area contributed by atoms with Crippen LogP contribution in [0.2, 0.25) is 0 Å². The molecule has 0 aromatic carbocycles. The highest BCUT2D eigenvalue weighted by Crippen LogP contribution is 2.14. The minimum atomic E-state index is -0.473. The standard InChI is InChI=1S/C12H21N3O3.ClH/c1-8(2)15-5-3-9(12(15)17)14-11(16)10-7-13-4-6-18-10;/h8-10,13H,3-7H2,1-2H3,(H,14,16);1H. The topological polar surface area (TPSA) is 70.7 Å². The quantitative estimate of drug-likeness (QED) is 0.737. The molecule has 110 valence electrons. The van der Waals surface area contributed by atoms with Gasteiger partial charge in [0, 0.05) is 25.7 Å². The van der Waals surface area contributed by atoms with Crippen molar-refractivity contribution in [2.24, 2.45) is 0 Å². The second-order valence-electron chi connectivity index (χ2n) is 5.04. The van der Waals surface area contributed by atoms with Crippen molar-refractivity contribution >= 4 is 24.2 Å². The van der Waals surface area contributed by atoms with Gasteiger partial charge in [-0.05, 0) is 20.3 Å². The molecular weight excluding hydrogens is 270 g/mol. The Hall–Kier alpha value is -0.850. The Bertz CT molecular complexity index is 332. The SMILES string of the molecule is CC(C)N1CCC(NC(=O)C2CNCCO2)C1=O.Cl. The van der Waals surface area contributed by atoms with Crippen LogP contribution in [0.4, 0.5) is 0 Å². The number of hydrogen-bond donors (Lipinski definition) is 2. The molecule has 0 spiro atoms. The van der Waals surface area contributed by atoms with Gasteiger partial charge in [0.05, 0.1) is 6.61 Å². The molecule has 0 bridgehead atoms. The van der Waals surface area contributed by atoms with Crippen LogP contribution >= 0.6 is 12.4 Å². The lowest BCUT2D eigenvalue weighted by molar-refractivity contribution is -0.139. The fourth-order valence-electron chi connectivity index (χ4n) is 2.35. The molecule has 2 fully saturated rings. The Balaban J connectivity index is 0.00000180. The molecule has 2 atom stereocenters. The van der Waals surface area contributed by atoms with E-state index in [2.05, 4.69) is 10.6 Å². The summed E-state index contributed by atoms with van der Waals surface area (Å²) in [7, 11) is 0. The van der Waals surface area contributed by atoms with Gasteiger partial charge in [-0.25, -0.2) is 0 Å². The third-order valence-electron chi connectivity index (χ3n) is 3.40. The van der Waals surface area contributed by atoms with E-state index in [0.717, 1.165) is 6.54 Å². The maximum Gasteiger partial charge on any atom is 0.251 e. The molecule has 0 radical (unpaired) electrons. The van der Waals surface area contributed by atoms with Crippen LogP contribution in [0.3, 0.4) is 0 Å². The van der Waals surface area contributed by atoms with Gasteiger partial charge < -0.3 is 20.3 Å². The summed E-state index contributed by atoms with van der Waals surface area (Å²) in [6.45, 7) is 6.50. The summed E-state index contributed by atoms with van der Waals surface area (Å²) < 4.78 is 5.36. The Morgan fingerprint density at radius 1 is 1.53 bits per heavy atom. The summed E-state index contributed by atoms with van der Waals surface area (Å²) in [6, 6.07) is -0.197. The Morgan fingerprint density at radius 3 is 2.79 bits per heavy atom. The number of nitrogens with zero attached hydrogens (tertiary/aromatic N) is 1. The number of amides is 2. The summed E-state index contributed by atoms with van der Waals surface area (Å²) in [5.74, 6) is -0.173. The molecule has 0 aliphatic carbocycles. The highest BCUT2D eigenvalue weighted by Gasteiger charge is 2.35. The van der Waals surface area contributed by atoms with Crippen molar-refractivity contribution in [3.8, 4) is 0 Å². The Kier molecular flexibility index (Phi) is 6.03. The molecule has 2 amide bonds. The minimum Gasteiger partial charge on any atom is -0.366 e. The van der Waals surface area contributed by atoms with Crippen molar-refractivity contribution in [2.45, 2.75) is 38.5 Å². The van der Waals surface area contributed by atoms with Gasteiger partial charge in [-0.15, -0.1) is 12.4 Å². The average molecular weight is 292 g/mol. The number of rotatable bonds is 3. The molecule has 2 N–H and O–H groups in total. The van der Waals surface area contributed by atoms with Crippen molar-refractivity contribution < 1.29 is 14.3 Å². The number of ether oxygens (including phenoxy) is 1. The van der Waals surface area contributed by atoms with Crippen molar-refractivity contribution in [2.75, 3.05) is 26.2 Å². The van der Waals surface area contributed by atoms with Gasteiger partial charge in [0.2, 0.25) is 5.91 Å². The summed E-state index contributed by atoms with van der Waals surface area (Å²) in [5, 5.41) is 5.89. The van der Waals surface area contributed by atoms with E-state index in [1.54, 1.807) is 4.90 Å². The zero-order valence-corrected chi connectivity index (χ0v) is 12.2. The van der Waals surface area contributed by atoms with E-state index in [0.29, 0.717) is 26.1 Å². The van der Waals surface area contributed by atoms with Crippen molar-refractivity contribution in [3.05, 3.63) is 0 Å². The van der Waals surface area contributed by atoms with E-state index in [-0.39, 0.29) is 36.3 Å².